The molecule has 0 radical (unpaired) electrons. The van der Waals surface area contributed by atoms with Gasteiger partial charge in [0, 0.05) is 5.56 Å². The fourth-order valence-electron chi connectivity index (χ4n) is 2.86. The van der Waals surface area contributed by atoms with Crippen molar-refractivity contribution in [2.45, 2.75) is 6.04 Å². The third-order valence-electron chi connectivity index (χ3n) is 4.22. The zero-order valence-corrected chi connectivity index (χ0v) is 15.6. The van der Waals surface area contributed by atoms with Crippen molar-refractivity contribution in [2.75, 3.05) is 14.2 Å². The number of carbonyl (C=O) groups is 2. The van der Waals surface area contributed by atoms with E-state index in [1.807, 2.05) is 66.7 Å². The molecule has 0 aliphatic carbocycles. The summed E-state index contributed by atoms with van der Waals surface area (Å²) in [6.07, 6.45) is 4.91. The standard InChI is InChI=1S/C22H20N2O4/c1-27-21(25)18-15-23-24(20(18)17-11-7-4-8-12-17)19(22(26)28-2)14-13-16-9-5-3-6-10-16/h3-15,19H,1-2H3/b14-13+. The third-order valence-corrected chi connectivity index (χ3v) is 4.22. The summed E-state index contributed by atoms with van der Waals surface area (Å²) in [6.45, 7) is 0. The minimum absolute atomic E-state index is 0.274. The van der Waals surface area contributed by atoms with Crippen LogP contribution in [0, 0.1) is 0 Å². The van der Waals surface area contributed by atoms with E-state index < -0.39 is 18.0 Å². The van der Waals surface area contributed by atoms with Gasteiger partial charge in [0.25, 0.3) is 0 Å². The molecule has 0 amide bonds. The number of ether oxygens (including phenoxy) is 2. The summed E-state index contributed by atoms with van der Waals surface area (Å²) < 4.78 is 11.3. The van der Waals surface area contributed by atoms with Gasteiger partial charge in [0.15, 0.2) is 6.04 Å². The molecule has 1 aromatic heterocycles. The van der Waals surface area contributed by atoms with Gasteiger partial charge in [0.05, 0.1) is 26.1 Å². The molecule has 0 aliphatic rings. The molecule has 6 heteroatoms. The molecule has 1 atom stereocenters. The molecule has 3 aromatic rings. The van der Waals surface area contributed by atoms with Crippen molar-refractivity contribution in [1.29, 1.82) is 0 Å². The average Bonchev–Trinajstić information content (AvgIpc) is 3.19. The van der Waals surface area contributed by atoms with Crippen molar-refractivity contribution in [3.8, 4) is 11.3 Å². The van der Waals surface area contributed by atoms with E-state index in [0.717, 1.165) is 11.1 Å². The third kappa shape index (κ3) is 4.01. The number of hydrogen-bond donors (Lipinski definition) is 0. The van der Waals surface area contributed by atoms with Crippen molar-refractivity contribution in [3.05, 3.63) is 84.1 Å². The van der Waals surface area contributed by atoms with E-state index in [1.54, 1.807) is 6.08 Å². The van der Waals surface area contributed by atoms with E-state index in [-0.39, 0.29) is 5.56 Å². The van der Waals surface area contributed by atoms with Gasteiger partial charge in [-0.3, -0.25) is 0 Å². The van der Waals surface area contributed by atoms with E-state index in [1.165, 1.54) is 25.1 Å². The Balaban J connectivity index is 2.12. The molecule has 0 spiro atoms. The van der Waals surface area contributed by atoms with Gasteiger partial charge in [0.2, 0.25) is 0 Å². The summed E-state index contributed by atoms with van der Waals surface area (Å²) >= 11 is 0. The van der Waals surface area contributed by atoms with Crippen LogP contribution in [0.15, 0.2) is 72.9 Å². The highest BCUT2D eigenvalue weighted by Gasteiger charge is 2.27. The Morgan fingerprint density at radius 1 is 0.964 bits per heavy atom. The van der Waals surface area contributed by atoms with Crippen molar-refractivity contribution in [1.82, 2.24) is 9.78 Å². The van der Waals surface area contributed by atoms with Crippen LogP contribution in [-0.2, 0) is 14.3 Å². The maximum Gasteiger partial charge on any atom is 0.341 e. The minimum Gasteiger partial charge on any atom is -0.467 e. The maximum absolute atomic E-state index is 12.5. The normalized spacial score (nSPS) is 11.9. The second kappa shape index (κ2) is 8.81. The molecule has 0 saturated carbocycles. The maximum atomic E-state index is 12.5. The summed E-state index contributed by atoms with van der Waals surface area (Å²) in [5.74, 6) is -1.02. The van der Waals surface area contributed by atoms with Crippen molar-refractivity contribution < 1.29 is 19.1 Å². The summed E-state index contributed by atoms with van der Waals surface area (Å²) in [6, 6.07) is 18.0. The zero-order valence-electron chi connectivity index (χ0n) is 15.6. The molecule has 0 N–H and O–H groups in total. The first-order chi connectivity index (χ1) is 13.7. The Bertz CT molecular complexity index is 978. The molecular weight excluding hydrogens is 356 g/mol. The molecule has 3 rings (SSSR count). The van der Waals surface area contributed by atoms with Gasteiger partial charge in [-0.05, 0) is 11.6 Å². The zero-order chi connectivity index (χ0) is 19.9. The molecule has 1 unspecified atom stereocenters. The monoisotopic (exact) mass is 376 g/mol. The fourth-order valence-corrected chi connectivity index (χ4v) is 2.86. The van der Waals surface area contributed by atoms with Crippen LogP contribution in [0.3, 0.4) is 0 Å². The van der Waals surface area contributed by atoms with Crippen LogP contribution in [0.4, 0.5) is 0 Å². The van der Waals surface area contributed by atoms with Crippen LogP contribution in [0.25, 0.3) is 17.3 Å². The molecular formula is C22H20N2O4. The average molecular weight is 376 g/mol. The highest BCUT2D eigenvalue weighted by Crippen LogP contribution is 2.28. The van der Waals surface area contributed by atoms with E-state index in [9.17, 15) is 9.59 Å². The lowest BCUT2D eigenvalue weighted by Crippen LogP contribution is -2.21. The molecule has 0 fully saturated rings. The highest BCUT2D eigenvalue weighted by atomic mass is 16.5. The molecule has 0 saturated heterocycles. The minimum atomic E-state index is -0.848. The fraction of sp³-hybridized carbons (Fsp3) is 0.136. The summed E-state index contributed by atoms with van der Waals surface area (Å²) in [5.41, 5.74) is 2.43. The van der Waals surface area contributed by atoms with Gasteiger partial charge < -0.3 is 9.47 Å². The Hall–Kier alpha value is -3.67. The first-order valence-corrected chi connectivity index (χ1v) is 8.68. The predicted octanol–water partition coefficient (Wildman–Crippen LogP) is 3.76. The van der Waals surface area contributed by atoms with Gasteiger partial charge in [-0.25, -0.2) is 14.3 Å². The number of nitrogens with zero attached hydrogens (tertiary/aromatic N) is 2. The second-order valence-corrected chi connectivity index (χ2v) is 5.95. The molecule has 2 aromatic carbocycles. The van der Waals surface area contributed by atoms with Crippen LogP contribution >= 0.6 is 0 Å². The van der Waals surface area contributed by atoms with E-state index in [2.05, 4.69) is 5.10 Å². The first kappa shape index (κ1) is 19.1. The van der Waals surface area contributed by atoms with E-state index in [0.29, 0.717) is 5.69 Å². The number of hydrogen-bond acceptors (Lipinski definition) is 5. The lowest BCUT2D eigenvalue weighted by atomic mass is 10.1. The summed E-state index contributed by atoms with van der Waals surface area (Å²) in [4.78, 5) is 24.8. The van der Waals surface area contributed by atoms with Gasteiger partial charge in [0.1, 0.15) is 5.56 Å². The molecule has 0 bridgehead atoms. The summed E-state index contributed by atoms with van der Waals surface area (Å²) in [7, 11) is 2.63. The molecule has 0 aliphatic heterocycles. The van der Waals surface area contributed by atoms with Crippen LogP contribution < -0.4 is 0 Å². The van der Waals surface area contributed by atoms with Crippen LogP contribution in [-0.4, -0.2) is 35.9 Å². The number of esters is 2. The van der Waals surface area contributed by atoms with Crippen LogP contribution in [0.1, 0.15) is 22.0 Å². The van der Waals surface area contributed by atoms with Gasteiger partial charge in [-0.15, -0.1) is 0 Å². The van der Waals surface area contributed by atoms with Gasteiger partial charge >= 0.3 is 11.9 Å². The van der Waals surface area contributed by atoms with E-state index >= 15 is 0 Å². The molecule has 6 nitrogen and oxygen atoms in total. The topological polar surface area (TPSA) is 70.4 Å². The predicted molar refractivity (Wildman–Crippen MR) is 106 cm³/mol. The first-order valence-electron chi connectivity index (χ1n) is 8.68. The van der Waals surface area contributed by atoms with Crippen molar-refractivity contribution in [2.24, 2.45) is 0 Å². The molecule has 28 heavy (non-hydrogen) atoms. The largest absolute Gasteiger partial charge is 0.467 e. The Morgan fingerprint density at radius 3 is 2.21 bits per heavy atom. The van der Waals surface area contributed by atoms with Crippen LogP contribution in [0.5, 0.6) is 0 Å². The second-order valence-electron chi connectivity index (χ2n) is 5.95. The quantitative estimate of drug-likeness (QED) is 0.613. The summed E-state index contributed by atoms with van der Waals surface area (Å²) in [5, 5.41) is 4.31. The lowest BCUT2D eigenvalue weighted by molar-refractivity contribution is -0.143. The van der Waals surface area contributed by atoms with Gasteiger partial charge in [-0.1, -0.05) is 66.7 Å². The SMILES string of the molecule is COC(=O)c1cnn(C(/C=C/c2ccccc2)C(=O)OC)c1-c1ccccc1. The lowest BCUT2D eigenvalue weighted by Gasteiger charge is -2.16. The number of aromatic nitrogens is 2. The smallest absolute Gasteiger partial charge is 0.341 e. The number of benzene rings is 2. The number of methoxy groups -OCH3 is 2. The van der Waals surface area contributed by atoms with E-state index in [4.69, 9.17) is 9.47 Å². The molecule has 142 valence electrons. The van der Waals surface area contributed by atoms with Crippen molar-refractivity contribution in [3.63, 3.8) is 0 Å². The Morgan fingerprint density at radius 2 is 1.61 bits per heavy atom. The highest BCUT2D eigenvalue weighted by molar-refractivity contribution is 5.96. The van der Waals surface area contributed by atoms with Crippen LogP contribution in [0.2, 0.25) is 0 Å². The van der Waals surface area contributed by atoms with Gasteiger partial charge in [-0.2, -0.15) is 5.10 Å². The number of rotatable bonds is 6. The Kier molecular flexibility index (Phi) is 6.01. The Labute approximate surface area is 163 Å². The number of carbonyl (C=O) groups excluding carboxylic acids is 2. The molecule has 1 heterocycles. The van der Waals surface area contributed by atoms with Crippen molar-refractivity contribution >= 4 is 18.0 Å².